The number of rotatable bonds is 6. The molecule has 0 aliphatic carbocycles. The monoisotopic (exact) mass is 408 g/mol. The first-order valence-electron chi connectivity index (χ1n) is 10.4. The fourth-order valence-corrected chi connectivity index (χ4v) is 4.06. The number of hydrogen-bond donors (Lipinski definition) is 1. The molecule has 1 atom stereocenters. The van der Waals surface area contributed by atoms with Gasteiger partial charge in [-0.1, -0.05) is 18.2 Å². The Labute approximate surface area is 176 Å². The van der Waals surface area contributed by atoms with Crippen molar-refractivity contribution >= 4 is 17.2 Å². The first-order chi connectivity index (χ1) is 14.6. The Balaban J connectivity index is 1.83. The minimum atomic E-state index is -0.0907. The van der Waals surface area contributed by atoms with Crippen LogP contribution in [-0.4, -0.2) is 53.9 Å². The summed E-state index contributed by atoms with van der Waals surface area (Å²) in [5.74, 6) is 0.689. The number of aliphatic hydroxyl groups excluding tert-OH is 1. The van der Waals surface area contributed by atoms with Crippen LogP contribution in [0.4, 0.5) is 11.5 Å². The van der Waals surface area contributed by atoms with Gasteiger partial charge in [0.2, 0.25) is 0 Å². The second-order valence-electron chi connectivity index (χ2n) is 7.65. The summed E-state index contributed by atoms with van der Waals surface area (Å²) in [6.07, 6.45) is 1.84. The van der Waals surface area contributed by atoms with E-state index in [0.29, 0.717) is 31.2 Å². The van der Waals surface area contributed by atoms with Gasteiger partial charge in [-0.25, -0.2) is 4.98 Å². The van der Waals surface area contributed by atoms with Crippen molar-refractivity contribution in [1.29, 1.82) is 0 Å². The summed E-state index contributed by atoms with van der Waals surface area (Å²) in [4.78, 5) is 22.1. The van der Waals surface area contributed by atoms with Crippen LogP contribution in [-0.2, 0) is 4.74 Å². The molecule has 0 saturated carbocycles. The Bertz CT molecular complexity index is 1060. The molecule has 0 spiro atoms. The van der Waals surface area contributed by atoms with Crippen molar-refractivity contribution in [2.24, 2.45) is 0 Å². The van der Waals surface area contributed by atoms with Crippen LogP contribution in [0.15, 0.2) is 53.5 Å². The lowest BCUT2D eigenvalue weighted by atomic mass is 10.0. The van der Waals surface area contributed by atoms with Crippen molar-refractivity contribution in [3.05, 3.63) is 70.1 Å². The highest BCUT2D eigenvalue weighted by Crippen LogP contribution is 2.29. The van der Waals surface area contributed by atoms with Gasteiger partial charge in [-0.2, -0.15) is 0 Å². The molecule has 1 aliphatic heterocycles. The summed E-state index contributed by atoms with van der Waals surface area (Å²) in [5, 5.41) is 9.69. The minimum absolute atomic E-state index is 0.0371. The van der Waals surface area contributed by atoms with Crippen molar-refractivity contribution < 1.29 is 9.84 Å². The van der Waals surface area contributed by atoms with Crippen LogP contribution in [0.2, 0.25) is 0 Å². The van der Waals surface area contributed by atoms with Crippen LogP contribution in [0, 0.1) is 6.92 Å². The quantitative estimate of drug-likeness (QED) is 0.676. The summed E-state index contributed by atoms with van der Waals surface area (Å²) in [7, 11) is 0. The molecule has 7 heteroatoms. The molecule has 2 aromatic heterocycles. The summed E-state index contributed by atoms with van der Waals surface area (Å²) < 4.78 is 7.07. The van der Waals surface area contributed by atoms with E-state index in [0.717, 1.165) is 29.9 Å². The Morgan fingerprint density at radius 1 is 1.20 bits per heavy atom. The van der Waals surface area contributed by atoms with Gasteiger partial charge in [0.05, 0.1) is 25.9 Å². The Morgan fingerprint density at radius 3 is 2.63 bits per heavy atom. The largest absolute Gasteiger partial charge is 0.395 e. The third-order valence-electron chi connectivity index (χ3n) is 5.59. The van der Waals surface area contributed by atoms with E-state index in [2.05, 4.69) is 22.8 Å². The summed E-state index contributed by atoms with van der Waals surface area (Å²) in [6.45, 7) is 7.31. The average Bonchev–Trinajstić information content (AvgIpc) is 2.78. The zero-order valence-electron chi connectivity index (χ0n) is 17.5. The number of aryl methyl sites for hydroxylation is 1. The number of morpholine rings is 1. The molecule has 1 unspecified atom stereocenters. The van der Waals surface area contributed by atoms with Gasteiger partial charge < -0.3 is 19.6 Å². The van der Waals surface area contributed by atoms with Crippen molar-refractivity contribution in [3.63, 3.8) is 0 Å². The lowest BCUT2D eigenvalue weighted by Crippen LogP contribution is -2.38. The molecule has 0 amide bonds. The molecule has 1 aliphatic rings. The molecular weight excluding hydrogens is 380 g/mol. The first-order valence-corrected chi connectivity index (χ1v) is 10.4. The van der Waals surface area contributed by atoms with E-state index in [4.69, 9.17) is 9.72 Å². The Hall–Kier alpha value is -2.90. The number of nitrogens with zero attached hydrogens (tertiary/aromatic N) is 4. The predicted molar refractivity (Wildman–Crippen MR) is 119 cm³/mol. The number of benzene rings is 1. The highest BCUT2D eigenvalue weighted by Gasteiger charge is 2.22. The van der Waals surface area contributed by atoms with E-state index in [9.17, 15) is 9.90 Å². The van der Waals surface area contributed by atoms with Gasteiger partial charge >= 0.3 is 0 Å². The highest BCUT2D eigenvalue weighted by molar-refractivity contribution is 5.59. The number of hydrogen-bond acceptors (Lipinski definition) is 6. The lowest BCUT2D eigenvalue weighted by molar-refractivity contribution is 0.122. The molecule has 3 heterocycles. The predicted octanol–water partition coefficient (Wildman–Crippen LogP) is 2.40. The molecule has 158 valence electrons. The number of ether oxygens (including phenoxy) is 1. The fraction of sp³-hybridized carbons (Fsp3) is 0.391. The first kappa shape index (κ1) is 20.4. The second kappa shape index (κ2) is 8.85. The van der Waals surface area contributed by atoms with Gasteiger partial charge in [0.25, 0.3) is 5.56 Å². The zero-order chi connectivity index (χ0) is 21.1. The maximum atomic E-state index is 12.9. The maximum absolute atomic E-state index is 12.9. The lowest BCUT2D eigenvalue weighted by Gasteiger charge is -2.32. The number of pyridine rings is 1. The van der Waals surface area contributed by atoms with Gasteiger partial charge in [0.15, 0.2) is 0 Å². The average molecular weight is 409 g/mol. The van der Waals surface area contributed by atoms with Crippen LogP contribution in [0.25, 0.3) is 5.65 Å². The topological polar surface area (TPSA) is 70.3 Å². The van der Waals surface area contributed by atoms with E-state index >= 15 is 0 Å². The number of aromatic nitrogens is 2. The number of fused-ring (bicyclic) bond motifs is 1. The maximum Gasteiger partial charge on any atom is 0.259 e. The zero-order valence-corrected chi connectivity index (χ0v) is 17.5. The summed E-state index contributed by atoms with van der Waals surface area (Å²) >= 11 is 0. The van der Waals surface area contributed by atoms with Crippen LogP contribution < -0.4 is 15.4 Å². The number of anilines is 2. The van der Waals surface area contributed by atoms with Crippen molar-refractivity contribution in [2.45, 2.75) is 19.9 Å². The fourth-order valence-electron chi connectivity index (χ4n) is 4.06. The van der Waals surface area contributed by atoms with E-state index in [1.54, 1.807) is 10.5 Å². The smallest absolute Gasteiger partial charge is 0.259 e. The molecule has 0 radical (unpaired) electrons. The third-order valence-corrected chi connectivity index (χ3v) is 5.59. The van der Waals surface area contributed by atoms with Crippen molar-refractivity contribution in [2.75, 3.05) is 49.3 Å². The molecular formula is C23H28N4O3. The third kappa shape index (κ3) is 4.04. The van der Waals surface area contributed by atoms with E-state index in [1.807, 2.05) is 43.5 Å². The van der Waals surface area contributed by atoms with Crippen LogP contribution >= 0.6 is 0 Å². The molecule has 30 heavy (non-hydrogen) atoms. The highest BCUT2D eigenvalue weighted by atomic mass is 16.5. The molecule has 4 rings (SSSR count). The SMILES string of the molecule is Cc1cc(C(C)N(CCO)c2ccccc2)c2nc(N3CCOCC3)cc(=O)n2c1. The Morgan fingerprint density at radius 2 is 1.93 bits per heavy atom. The van der Waals surface area contributed by atoms with Crippen LogP contribution in [0.3, 0.4) is 0 Å². The van der Waals surface area contributed by atoms with E-state index in [1.165, 1.54) is 0 Å². The number of aliphatic hydroxyl groups is 1. The number of para-hydroxylation sites is 1. The molecule has 1 fully saturated rings. The molecule has 3 aromatic rings. The van der Waals surface area contributed by atoms with Gasteiger partial charge in [-0.15, -0.1) is 0 Å². The molecule has 7 nitrogen and oxygen atoms in total. The molecule has 1 saturated heterocycles. The van der Waals surface area contributed by atoms with E-state index < -0.39 is 0 Å². The minimum Gasteiger partial charge on any atom is -0.395 e. The van der Waals surface area contributed by atoms with Gasteiger partial charge in [0.1, 0.15) is 11.5 Å². The van der Waals surface area contributed by atoms with Crippen molar-refractivity contribution in [1.82, 2.24) is 9.38 Å². The summed E-state index contributed by atoms with van der Waals surface area (Å²) in [6, 6.07) is 13.6. The van der Waals surface area contributed by atoms with Crippen molar-refractivity contribution in [3.8, 4) is 0 Å². The molecule has 1 aromatic carbocycles. The molecule has 1 N–H and O–H groups in total. The van der Waals surface area contributed by atoms with Gasteiger partial charge in [-0.05, 0) is 37.6 Å². The normalized spacial score (nSPS) is 15.4. The van der Waals surface area contributed by atoms with Crippen LogP contribution in [0.1, 0.15) is 24.1 Å². The van der Waals surface area contributed by atoms with Gasteiger partial charge in [-0.3, -0.25) is 9.20 Å². The Kier molecular flexibility index (Phi) is 6.01. The summed E-state index contributed by atoms with van der Waals surface area (Å²) in [5.41, 5.74) is 3.53. The van der Waals surface area contributed by atoms with Crippen LogP contribution in [0.5, 0.6) is 0 Å². The van der Waals surface area contributed by atoms with E-state index in [-0.39, 0.29) is 18.2 Å². The van der Waals surface area contributed by atoms with Gasteiger partial charge in [0, 0.05) is 43.1 Å². The second-order valence-corrected chi connectivity index (χ2v) is 7.65. The molecule has 0 bridgehead atoms. The standard InChI is InChI=1S/C23H28N4O3/c1-17-14-20(18(2)26(8-11-28)19-6-4-3-5-7-19)23-24-21(15-22(29)27(23)16-17)25-9-12-30-13-10-25/h3-7,14-16,18,28H,8-13H2,1-2H3.